The molecule has 68 heavy (non-hydrogen) atoms. The fourth-order valence-corrected chi connectivity index (χ4v) is 8.41. The fraction of sp³-hybridized carbons (Fsp3) is 0.790. The molecule has 0 radical (unpaired) electrons. The molecule has 0 aromatic carbocycles. The van der Waals surface area contributed by atoms with Crippen molar-refractivity contribution in [3.05, 3.63) is 60.8 Å². The molecule has 6 nitrogen and oxygen atoms in total. The van der Waals surface area contributed by atoms with Gasteiger partial charge in [-0.25, -0.2) is 0 Å². The van der Waals surface area contributed by atoms with Crippen molar-refractivity contribution in [3.8, 4) is 0 Å². The molecule has 0 aromatic rings. The number of carbonyl (C=O) groups excluding carboxylic acids is 3. The Bertz CT molecular complexity index is 1230. The molecule has 0 fully saturated rings. The SMILES string of the molecule is CC/C=C\C/C=C\C/C=C\C/C=C\C/C=C\CCCCCC(=O)OC[C@@H](COC(=O)CCCCCCCCCCCCCCC)OC(=O)CCCCCCCCCCCCCCCCCCCC. The zero-order valence-electron chi connectivity index (χ0n) is 45.1. The molecule has 0 bridgehead atoms. The van der Waals surface area contributed by atoms with E-state index in [1.807, 2.05) is 0 Å². The van der Waals surface area contributed by atoms with E-state index in [2.05, 4.69) is 81.5 Å². The van der Waals surface area contributed by atoms with Crippen molar-refractivity contribution < 1.29 is 28.6 Å². The first-order valence-corrected chi connectivity index (χ1v) is 29.3. The summed E-state index contributed by atoms with van der Waals surface area (Å²) in [6.07, 6.45) is 70.7. The lowest BCUT2D eigenvalue weighted by atomic mass is 10.0. The minimum absolute atomic E-state index is 0.0807. The Morgan fingerprint density at radius 2 is 0.574 bits per heavy atom. The maximum Gasteiger partial charge on any atom is 0.306 e. The van der Waals surface area contributed by atoms with Crippen LogP contribution in [0.25, 0.3) is 0 Å². The van der Waals surface area contributed by atoms with Gasteiger partial charge in [0.05, 0.1) is 0 Å². The fourth-order valence-electron chi connectivity index (χ4n) is 8.41. The molecular weight excluding hydrogens is 841 g/mol. The van der Waals surface area contributed by atoms with Crippen molar-refractivity contribution in [2.45, 2.75) is 303 Å². The quantitative estimate of drug-likeness (QED) is 0.0262. The van der Waals surface area contributed by atoms with Gasteiger partial charge in [-0.1, -0.05) is 274 Å². The standard InChI is InChI=1S/C62H110O6/c1-4-7-10-13-16-19-22-25-27-29-31-33-34-37-40-43-46-49-52-55-61(64)67-58-59(57-66-60(63)54-51-48-45-42-39-36-24-21-18-15-12-9-6-3)68-62(65)56-53-50-47-44-41-38-35-32-30-28-26-23-20-17-14-11-8-5-2/h7,10,16,19,25,27,31,33,37,40,59H,4-6,8-9,11-15,17-18,20-24,26,28-30,32,34-36,38-39,41-58H2,1-3H3/b10-7-,19-16-,27-25-,33-31-,40-37-/t59-/m1/s1. The number of hydrogen-bond donors (Lipinski definition) is 0. The predicted molar refractivity (Wildman–Crippen MR) is 293 cm³/mol. The number of ether oxygens (including phenoxy) is 3. The molecule has 6 heteroatoms. The van der Waals surface area contributed by atoms with Gasteiger partial charge in [-0.05, 0) is 64.2 Å². The summed E-state index contributed by atoms with van der Waals surface area (Å²) in [6, 6.07) is 0. The molecule has 394 valence electrons. The van der Waals surface area contributed by atoms with E-state index in [4.69, 9.17) is 14.2 Å². The zero-order valence-corrected chi connectivity index (χ0v) is 45.1. The van der Waals surface area contributed by atoms with Gasteiger partial charge in [0.25, 0.3) is 0 Å². The smallest absolute Gasteiger partial charge is 0.306 e. The van der Waals surface area contributed by atoms with Crippen LogP contribution >= 0.6 is 0 Å². The van der Waals surface area contributed by atoms with Gasteiger partial charge in [0.15, 0.2) is 6.10 Å². The van der Waals surface area contributed by atoms with Crippen molar-refractivity contribution >= 4 is 17.9 Å². The highest BCUT2D eigenvalue weighted by molar-refractivity contribution is 5.71. The minimum Gasteiger partial charge on any atom is -0.462 e. The molecule has 1 atom stereocenters. The van der Waals surface area contributed by atoms with Crippen molar-refractivity contribution in [3.63, 3.8) is 0 Å². The first-order chi connectivity index (χ1) is 33.5. The second kappa shape index (κ2) is 56.7. The summed E-state index contributed by atoms with van der Waals surface area (Å²) >= 11 is 0. The number of allylic oxidation sites excluding steroid dienone is 10. The van der Waals surface area contributed by atoms with E-state index in [1.54, 1.807) is 0 Å². The Labute approximate surface area is 421 Å². The Kier molecular flexibility index (Phi) is 54.3. The highest BCUT2D eigenvalue weighted by Crippen LogP contribution is 2.17. The van der Waals surface area contributed by atoms with Crippen LogP contribution in [0.1, 0.15) is 297 Å². The van der Waals surface area contributed by atoms with Crippen LogP contribution in [0.15, 0.2) is 60.8 Å². The molecule has 0 aromatic heterocycles. The maximum absolute atomic E-state index is 12.9. The summed E-state index contributed by atoms with van der Waals surface area (Å²) in [5.74, 6) is -0.899. The monoisotopic (exact) mass is 951 g/mol. The maximum atomic E-state index is 12.9. The summed E-state index contributed by atoms with van der Waals surface area (Å²) in [4.78, 5) is 38.2. The number of carbonyl (C=O) groups is 3. The Balaban J connectivity index is 4.39. The number of esters is 3. The van der Waals surface area contributed by atoms with E-state index in [9.17, 15) is 14.4 Å². The topological polar surface area (TPSA) is 78.9 Å². The number of rotatable bonds is 53. The van der Waals surface area contributed by atoms with Crippen LogP contribution in [0, 0.1) is 0 Å². The van der Waals surface area contributed by atoms with Crippen molar-refractivity contribution in [1.82, 2.24) is 0 Å². The molecule has 0 heterocycles. The van der Waals surface area contributed by atoms with Gasteiger partial charge in [-0.15, -0.1) is 0 Å². The Hall–Kier alpha value is -2.89. The summed E-state index contributed by atoms with van der Waals surface area (Å²) in [7, 11) is 0. The van der Waals surface area contributed by atoms with Crippen LogP contribution < -0.4 is 0 Å². The van der Waals surface area contributed by atoms with E-state index < -0.39 is 6.10 Å². The lowest BCUT2D eigenvalue weighted by molar-refractivity contribution is -0.167. The van der Waals surface area contributed by atoms with Crippen LogP contribution in [0.5, 0.6) is 0 Å². The summed E-state index contributed by atoms with van der Waals surface area (Å²) < 4.78 is 16.9. The first-order valence-electron chi connectivity index (χ1n) is 29.3. The summed E-state index contributed by atoms with van der Waals surface area (Å²) in [6.45, 7) is 6.53. The second-order valence-corrected chi connectivity index (χ2v) is 19.5. The molecule has 0 rings (SSSR count). The van der Waals surface area contributed by atoms with E-state index in [1.165, 1.54) is 161 Å². The third kappa shape index (κ3) is 54.1. The third-order valence-corrected chi connectivity index (χ3v) is 12.8. The van der Waals surface area contributed by atoms with Crippen molar-refractivity contribution in [2.75, 3.05) is 13.2 Å². The lowest BCUT2D eigenvalue weighted by Crippen LogP contribution is -2.30. The van der Waals surface area contributed by atoms with Gasteiger partial charge in [0.2, 0.25) is 0 Å². The Morgan fingerprint density at radius 3 is 0.897 bits per heavy atom. The van der Waals surface area contributed by atoms with Crippen LogP contribution in [0.4, 0.5) is 0 Å². The average molecular weight is 952 g/mol. The van der Waals surface area contributed by atoms with Gasteiger partial charge in [-0.2, -0.15) is 0 Å². The summed E-state index contributed by atoms with van der Waals surface area (Å²) in [5.41, 5.74) is 0. The molecule has 0 saturated heterocycles. The zero-order chi connectivity index (χ0) is 49.3. The molecular formula is C62H110O6. The first kappa shape index (κ1) is 65.1. The van der Waals surface area contributed by atoms with E-state index >= 15 is 0 Å². The second-order valence-electron chi connectivity index (χ2n) is 19.5. The largest absolute Gasteiger partial charge is 0.462 e. The van der Waals surface area contributed by atoms with Crippen LogP contribution in [-0.2, 0) is 28.6 Å². The molecule has 0 amide bonds. The number of hydrogen-bond acceptors (Lipinski definition) is 6. The van der Waals surface area contributed by atoms with Gasteiger partial charge >= 0.3 is 17.9 Å². The molecule has 0 spiro atoms. The molecule has 0 saturated carbocycles. The normalized spacial score (nSPS) is 12.5. The summed E-state index contributed by atoms with van der Waals surface area (Å²) in [5, 5.41) is 0. The highest BCUT2D eigenvalue weighted by atomic mass is 16.6. The van der Waals surface area contributed by atoms with Gasteiger partial charge in [-0.3, -0.25) is 14.4 Å². The van der Waals surface area contributed by atoms with Crippen LogP contribution in [0.2, 0.25) is 0 Å². The molecule has 0 unspecified atom stereocenters. The molecule has 0 aliphatic heterocycles. The van der Waals surface area contributed by atoms with Crippen LogP contribution in [-0.4, -0.2) is 37.2 Å². The third-order valence-electron chi connectivity index (χ3n) is 12.8. The lowest BCUT2D eigenvalue weighted by Gasteiger charge is -2.18. The van der Waals surface area contributed by atoms with E-state index in [0.717, 1.165) is 96.3 Å². The van der Waals surface area contributed by atoms with Crippen LogP contribution in [0.3, 0.4) is 0 Å². The minimum atomic E-state index is -0.784. The van der Waals surface area contributed by atoms with Gasteiger partial charge in [0.1, 0.15) is 13.2 Å². The van der Waals surface area contributed by atoms with Crippen molar-refractivity contribution in [2.24, 2.45) is 0 Å². The average Bonchev–Trinajstić information content (AvgIpc) is 3.34. The predicted octanol–water partition coefficient (Wildman–Crippen LogP) is 19.6. The molecule has 0 aliphatic rings. The van der Waals surface area contributed by atoms with Crippen molar-refractivity contribution in [1.29, 1.82) is 0 Å². The molecule has 0 N–H and O–H groups in total. The van der Waals surface area contributed by atoms with Gasteiger partial charge in [0, 0.05) is 19.3 Å². The van der Waals surface area contributed by atoms with E-state index in [0.29, 0.717) is 19.3 Å². The Morgan fingerprint density at radius 1 is 0.309 bits per heavy atom. The number of unbranched alkanes of at least 4 members (excludes halogenated alkanes) is 32. The van der Waals surface area contributed by atoms with Gasteiger partial charge < -0.3 is 14.2 Å². The van der Waals surface area contributed by atoms with E-state index in [-0.39, 0.29) is 31.1 Å². The highest BCUT2D eigenvalue weighted by Gasteiger charge is 2.19. The molecule has 0 aliphatic carbocycles.